The Morgan fingerprint density at radius 1 is 1.22 bits per heavy atom. The number of carbonyl (C=O) groups is 2. The third-order valence-electron chi connectivity index (χ3n) is 3.88. The molecule has 27 heavy (non-hydrogen) atoms. The molecule has 140 valence electrons. The van der Waals surface area contributed by atoms with E-state index in [0.717, 1.165) is 5.56 Å². The number of nitrogens with one attached hydrogen (secondary N) is 1. The molecule has 1 amide bonds. The Bertz CT molecular complexity index is 897. The number of hydrogen-bond acceptors (Lipinski definition) is 7. The van der Waals surface area contributed by atoms with Gasteiger partial charge >= 0.3 is 5.97 Å². The van der Waals surface area contributed by atoms with Crippen LogP contribution in [0.3, 0.4) is 0 Å². The second-order valence-corrected chi connectivity index (χ2v) is 5.73. The van der Waals surface area contributed by atoms with Crippen molar-refractivity contribution in [1.82, 2.24) is 5.32 Å². The molecule has 0 aromatic heterocycles. The van der Waals surface area contributed by atoms with E-state index in [4.69, 9.17) is 14.2 Å². The van der Waals surface area contributed by atoms with Gasteiger partial charge in [0.25, 0.3) is 11.6 Å². The summed E-state index contributed by atoms with van der Waals surface area (Å²) in [6, 6.07) is 10.6. The van der Waals surface area contributed by atoms with Crippen molar-refractivity contribution < 1.29 is 28.7 Å². The molecule has 1 atom stereocenters. The molecule has 0 spiro atoms. The van der Waals surface area contributed by atoms with Gasteiger partial charge in [-0.15, -0.1) is 0 Å². The average Bonchev–Trinajstić information content (AvgIpc) is 3.13. The van der Waals surface area contributed by atoms with Crippen LogP contribution in [0.2, 0.25) is 0 Å². The first-order valence-electron chi connectivity index (χ1n) is 8.06. The second kappa shape index (κ2) is 7.73. The molecule has 0 fully saturated rings. The van der Waals surface area contributed by atoms with E-state index in [2.05, 4.69) is 5.32 Å². The highest BCUT2D eigenvalue weighted by Gasteiger charge is 2.25. The normalized spacial score (nSPS) is 12.9. The fourth-order valence-corrected chi connectivity index (χ4v) is 2.47. The van der Waals surface area contributed by atoms with Crippen LogP contribution in [0.15, 0.2) is 42.5 Å². The Hall–Kier alpha value is -3.62. The minimum Gasteiger partial charge on any atom is -0.454 e. The van der Waals surface area contributed by atoms with Crippen LogP contribution in [0.5, 0.6) is 11.5 Å². The van der Waals surface area contributed by atoms with Gasteiger partial charge in [0.05, 0.1) is 4.92 Å². The van der Waals surface area contributed by atoms with Crippen molar-refractivity contribution in [3.05, 3.63) is 63.7 Å². The van der Waals surface area contributed by atoms with Gasteiger partial charge in [-0.3, -0.25) is 14.9 Å². The summed E-state index contributed by atoms with van der Waals surface area (Å²) in [5.74, 6) is -0.234. The number of nitro benzene ring substituents is 1. The van der Waals surface area contributed by atoms with Crippen molar-refractivity contribution in [2.75, 3.05) is 6.79 Å². The van der Waals surface area contributed by atoms with Crippen molar-refractivity contribution in [3.63, 3.8) is 0 Å². The van der Waals surface area contributed by atoms with Crippen LogP contribution < -0.4 is 14.8 Å². The van der Waals surface area contributed by atoms with E-state index >= 15 is 0 Å². The summed E-state index contributed by atoms with van der Waals surface area (Å²) in [5.41, 5.74) is 0.193. The van der Waals surface area contributed by atoms with Crippen LogP contribution in [0.25, 0.3) is 0 Å². The summed E-state index contributed by atoms with van der Waals surface area (Å²) in [7, 11) is 0. The smallest absolute Gasteiger partial charge is 0.345 e. The molecule has 3 rings (SSSR count). The van der Waals surface area contributed by atoms with E-state index in [1.807, 2.05) is 0 Å². The zero-order valence-electron chi connectivity index (χ0n) is 14.3. The Labute approximate surface area is 154 Å². The number of ether oxygens (including phenoxy) is 3. The SMILES string of the molecule is C[C@@H](OC(=O)c1ccccc1[N+](=O)[O-])C(=O)NCc1ccc2c(c1)OCO2. The number of carbonyl (C=O) groups excluding carboxylic acids is 2. The highest BCUT2D eigenvalue weighted by molar-refractivity contribution is 5.95. The molecule has 0 saturated carbocycles. The maximum absolute atomic E-state index is 12.2. The molecule has 1 aliphatic heterocycles. The lowest BCUT2D eigenvalue weighted by Crippen LogP contribution is -2.35. The van der Waals surface area contributed by atoms with Crippen LogP contribution in [-0.2, 0) is 16.1 Å². The summed E-state index contributed by atoms with van der Waals surface area (Å²) >= 11 is 0. The number of benzene rings is 2. The summed E-state index contributed by atoms with van der Waals surface area (Å²) in [4.78, 5) is 34.6. The summed E-state index contributed by atoms with van der Waals surface area (Å²) in [6.45, 7) is 1.74. The lowest BCUT2D eigenvalue weighted by Gasteiger charge is -2.13. The molecule has 9 heteroatoms. The molecule has 1 aliphatic rings. The number of para-hydroxylation sites is 1. The molecular weight excluding hydrogens is 356 g/mol. The predicted molar refractivity (Wildman–Crippen MR) is 92.4 cm³/mol. The average molecular weight is 372 g/mol. The van der Waals surface area contributed by atoms with Crippen LogP contribution in [-0.4, -0.2) is 29.7 Å². The molecule has 0 unspecified atom stereocenters. The molecule has 1 heterocycles. The maximum Gasteiger partial charge on any atom is 0.345 e. The zero-order valence-corrected chi connectivity index (χ0v) is 14.3. The first-order chi connectivity index (χ1) is 13.0. The van der Waals surface area contributed by atoms with Gasteiger partial charge in [0.1, 0.15) is 5.56 Å². The lowest BCUT2D eigenvalue weighted by molar-refractivity contribution is -0.385. The van der Waals surface area contributed by atoms with Crippen LogP contribution >= 0.6 is 0 Å². The largest absolute Gasteiger partial charge is 0.454 e. The fourth-order valence-electron chi connectivity index (χ4n) is 2.47. The minimum atomic E-state index is -1.12. The number of hydrogen-bond donors (Lipinski definition) is 1. The Kier molecular flexibility index (Phi) is 5.20. The molecule has 1 N–H and O–H groups in total. The number of nitrogens with zero attached hydrogens (tertiary/aromatic N) is 1. The molecule has 9 nitrogen and oxygen atoms in total. The first-order valence-corrected chi connectivity index (χ1v) is 8.06. The van der Waals surface area contributed by atoms with Gasteiger partial charge < -0.3 is 19.5 Å². The fraction of sp³-hybridized carbons (Fsp3) is 0.222. The van der Waals surface area contributed by atoms with Crippen molar-refractivity contribution in [3.8, 4) is 11.5 Å². The lowest BCUT2D eigenvalue weighted by atomic mass is 10.2. The van der Waals surface area contributed by atoms with Crippen molar-refractivity contribution in [1.29, 1.82) is 0 Å². The topological polar surface area (TPSA) is 117 Å². The minimum absolute atomic E-state index is 0.157. The number of nitro groups is 1. The Balaban J connectivity index is 1.58. The first kappa shape index (κ1) is 18.2. The van der Waals surface area contributed by atoms with Crippen LogP contribution in [0, 0.1) is 10.1 Å². The van der Waals surface area contributed by atoms with E-state index in [0.29, 0.717) is 11.5 Å². The van der Waals surface area contributed by atoms with Gasteiger partial charge in [-0.2, -0.15) is 0 Å². The molecule has 2 aromatic rings. The van der Waals surface area contributed by atoms with Crippen LogP contribution in [0.1, 0.15) is 22.8 Å². The van der Waals surface area contributed by atoms with Gasteiger partial charge in [0.15, 0.2) is 17.6 Å². The number of esters is 1. The third-order valence-corrected chi connectivity index (χ3v) is 3.88. The van der Waals surface area contributed by atoms with E-state index in [1.165, 1.54) is 31.2 Å². The highest BCUT2D eigenvalue weighted by atomic mass is 16.7. The summed E-state index contributed by atoms with van der Waals surface area (Å²) < 4.78 is 15.5. The van der Waals surface area contributed by atoms with Gasteiger partial charge in [0, 0.05) is 12.6 Å². The zero-order chi connectivity index (χ0) is 19.4. The predicted octanol–water partition coefficient (Wildman–Crippen LogP) is 2.19. The molecule has 0 radical (unpaired) electrons. The number of rotatable bonds is 6. The van der Waals surface area contributed by atoms with Crippen molar-refractivity contribution in [2.45, 2.75) is 19.6 Å². The molecule has 2 aromatic carbocycles. The van der Waals surface area contributed by atoms with Crippen LogP contribution in [0.4, 0.5) is 5.69 Å². The third kappa shape index (κ3) is 4.14. The molecule has 0 bridgehead atoms. The van der Waals surface area contributed by atoms with Gasteiger partial charge in [0.2, 0.25) is 6.79 Å². The Morgan fingerprint density at radius 3 is 2.74 bits per heavy atom. The summed E-state index contributed by atoms with van der Waals surface area (Å²) in [6.07, 6.45) is -1.12. The van der Waals surface area contributed by atoms with Gasteiger partial charge in [-0.05, 0) is 30.7 Å². The monoisotopic (exact) mass is 372 g/mol. The van der Waals surface area contributed by atoms with E-state index < -0.39 is 22.9 Å². The standard InChI is InChI=1S/C18H16N2O7/c1-11(27-18(22)13-4-2-3-5-14(13)20(23)24)17(21)19-9-12-6-7-15-16(8-12)26-10-25-15/h2-8,11H,9-10H2,1H3,(H,19,21)/t11-/m1/s1. The van der Waals surface area contributed by atoms with E-state index in [9.17, 15) is 19.7 Å². The molecule has 0 aliphatic carbocycles. The van der Waals surface area contributed by atoms with E-state index in [-0.39, 0.29) is 24.6 Å². The summed E-state index contributed by atoms with van der Waals surface area (Å²) in [5, 5.41) is 13.6. The number of fused-ring (bicyclic) bond motifs is 1. The van der Waals surface area contributed by atoms with Gasteiger partial charge in [-0.1, -0.05) is 18.2 Å². The number of amides is 1. The van der Waals surface area contributed by atoms with Gasteiger partial charge in [-0.25, -0.2) is 4.79 Å². The quantitative estimate of drug-likeness (QED) is 0.469. The van der Waals surface area contributed by atoms with Crippen molar-refractivity contribution in [2.24, 2.45) is 0 Å². The second-order valence-electron chi connectivity index (χ2n) is 5.73. The molecule has 0 saturated heterocycles. The van der Waals surface area contributed by atoms with Crippen molar-refractivity contribution >= 4 is 17.6 Å². The highest BCUT2D eigenvalue weighted by Crippen LogP contribution is 2.32. The maximum atomic E-state index is 12.2. The van der Waals surface area contributed by atoms with E-state index in [1.54, 1.807) is 18.2 Å². The molecular formula is C18H16N2O7. The Morgan fingerprint density at radius 2 is 1.96 bits per heavy atom.